The lowest BCUT2D eigenvalue weighted by atomic mass is 10.4. The van der Waals surface area contributed by atoms with Crippen molar-refractivity contribution < 1.29 is 4.74 Å². The van der Waals surface area contributed by atoms with Gasteiger partial charge in [-0.05, 0) is 6.42 Å². The minimum absolute atomic E-state index is 0.597. The van der Waals surface area contributed by atoms with Crippen LogP contribution in [0.25, 0.3) is 0 Å². The Morgan fingerprint density at radius 2 is 2.46 bits per heavy atom. The van der Waals surface area contributed by atoms with Gasteiger partial charge in [0.25, 0.3) is 0 Å². The molecule has 3 N–H and O–H groups in total. The summed E-state index contributed by atoms with van der Waals surface area (Å²) in [6.07, 6.45) is 2.78. The fourth-order valence-electron chi connectivity index (χ4n) is 0.866. The lowest BCUT2D eigenvalue weighted by molar-refractivity contribution is 0.141. The molecule has 1 rings (SSSR count). The largest absolute Gasteiger partial charge is 0.380 e. The zero-order valence-corrected chi connectivity index (χ0v) is 8.35. The Kier molecular flexibility index (Phi) is 5.47. The van der Waals surface area contributed by atoms with Gasteiger partial charge in [0, 0.05) is 31.3 Å². The Morgan fingerprint density at radius 3 is 3.15 bits per heavy atom. The molecule has 0 bridgehead atoms. The van der Waals surface area contributed by atoms with Gasteiger partial charge in [-0.1, -0.05) is 0 Å². The van der Waals surface area contributed by atoms with Crippen molar-refractivity contribution in [2.75, 3.05) is 31.6 Å². The van der Waals surface area contributed by atoms with E-state index in [4.69, 9.17) is 10.5 Å². The number of hydrogen-bond donors (Lipinski definition) is 2. The van der Waals surface area contributed by atoms with Gasteiger partial charge in [0.2, 0.25) is 0 Å². The van der Waals surface area contributed by atoms with Crippen LogP contribution in [0, 0.1) is 0 Å². The second-order valence-electron chi connectivity index (χ2n) is 2.52. The van der Waals surface area contributed by atoms with Gasteiger partial charge in [-0.25, -0.2) is 4.98 Å². The van der Waals surface area contributed by atoms with Gasteiger partial charge in [-0.3, -0.25) is 0 Å². The first kappa shape index (κ1) is 10.4. The number of aromatic nitrogens is 1. The maximum absolute atomic E-state index is 5.27. The summed E-state index contributed by atoms with van der Waals surface area (Å²) in [6.45, 7) is 2.91. The van der Waals surface area contributed by atoms with Gasteiger partial charge in [0.15, 0.2) is 5.13 Å². The molecule has 0 aliphatic rings. The number of ether oxygens (including phenoxy) is 1. The average Bonchev–Trinajstić information content (AvgIpc) is 2.63. The second-order valence-corrected chi connectivity index (χ2v) is 3.41. The number of nitrogens with two attached hydrogens (primary N) is 1. The van der Waals surface area contributed by atoms with Gasteiger partial charge < -0.3 is 15.8 Å². The van der Waals surface area contributed by atoms with Crippen LogP contribution < -0.4 is 11.1 Å². The van der Waals surface area contributed by atoms with Crippen LogP contribution in [0.4, 0.5) is 5.13 Å². The summed E-state index contributed by atoms with van der Waals surface area (Å²) in [5.74, 6) is 0. The average molecular weight is 201 g/mol. The van der Waals surface area contributed by atoms with E-state index in [1.165, 1.54) is 0 Å². The summed E-state index contributed by atoms with van der Waals surface area (Å²) in [5.41, 5.74) is 5.27. The normalized spacial score (nSPS) is 10.2. The summed E-state index contributed by atoms with van der Waals surface area (Å²) in [5, 5.41) is 6.12. The SMILES string of the molecule is NCCOCCCNc1nccs1. The third-order valence-corrected chi connectivity index (χ3v) is 2.17. The van der Waals surface area contributed by atoms with E-state index < -0.39 is 0 Å². The van der Waals surface area contributed by atoms with E-state index in [0.29, 0.717) is 13.2 Å². The van der Waals surface area contributed by atoms with Crippen LogP contribution in [0.15, 0.2) is 11.6 Å². The van der Waals surface area contributed by atoms with Crippen molar-refractivity contribution in [1.29, 1.82) is 0 Å². The monoisotopic (exact) mass is 201 g/mol. The molecule has 0 aliphatic carbocycles. The van der Waals surface area contributed by atoms with E-state index in [0.717, 1.165) is 24.7 Å². The van der Waals surface area contributed by atoms with Crippen molar-refractivity contribution in [3.8, 4) is 0 Å². The van der Waals surface area contributed by atoms with Gasteiger partial charge in [0.05, 0.1) is 6.61 Å². The topological polar surface area (TPSA) is 60.2 Å². The molecule has 0 saturated heterocycles. The molecule has 0 radical (unpaired) electrons. The zero-order valence-electron chi connectivity index (χ0n) is 7.53. The van der Waals surface area contributed by atoms with Crippen LogP contribution in [0.2, 0.25) is 0 Å². The molecule has 0 spiro atoms. The Labute approximate surface area is 82.1 Å². The number of rotatable bonds is 7. The molecule has 0 aromatic carbocycles. The number of thiazole rings is 1. The molecule has 0 amide bonds. The van der Waals surface area contributed by atoms with Crippen LogP contribution in [-0.2, 0) is 4.74 Å². The molecule has 4 nitrogen and oxygen atoms in total. The first-order valence-electron chi connectivity index (χ1n) is 4.34. The highest BCUT2D eigenvalue weighted by Gasteiger charge is 1.92. The first-order valence-corrected chi connectivity index (χ1v) is 5.22. The molecule has 0 atom stereocenters. The molecule has 13 heavy (non-hydrogen) atoms. The second kappa shape index (κ2) is 6.82. The standard InChI is InChI=1S/C8H15N3OS/c9-2-6-12-5-1-3-10-8-11-4-7-13-8/h4,7H,1-3,5-6,9H2,(H,10,11). The molecular formula is C8H15N3OS. The summed E-state index contributed by atoms with van der Waals surface area (Å²) in [4.78, 5) is 4.10. The lowest BCUT2D eigenvalue weighted by Crippen LogP contribution is -2.11. The molecule has 0 saturated carbocycles. The Balaban J connectivity index is 1.90. The fourth-order valence-corrected chi connectivity index (χ4v) is 1.42. The molecule has 0 fully saturated rings. The fraction of sp³-hybridized carbons (Fsp3) is 0.625. The lowest BCUT2D eigenvalue weighted by Gasteiger charge is -2.03. The van der Waals surface area contributed by atoms with Crippen molar-refractivity contribution >= 4 is 16.5 Å². The summed E-state index contributed by atoms with van der Waals surface area (Å²) in [7, 11) is 0. The van der Waals surface area contributed by atoms with E-state index in [9.17, 15) is 0 Å². The zero-order chi connectivity index (χ0) is 9.36. The van der Waals surface area contributed by atoms with Gasteiger partial charge in [-0.2, -0.15) is 0 Å². The van der Waals surface area contributed by atoms with E-state index in [1.54, 1.807) is 17.5 Å². The smallest absolute Gasteiger partial charge is 0.182 e. The van der Waals surface area contributed by atoms with E-state index in [2.05, 4.69) is 10.3 Å². The van der Waals surface area contributed by atoms with E-state index >= 15 is 0 Å². The third kappa shape index (κ3) is 4.82. The number of hydrogen-bond acceptors (Lipinski definition) is 5. The Hall–Kier alpha value is -0.650. The molecular weight excluding hydrogens is 186 g/mol. The number of nitrogens with one attached hydrogen (secondary N) is 1. The molecule has 0 aliphatic heterocycles. The quantitative estimate of drug-likeness (QED) is 0.644. The molecule has 1 aromatic rings. The highest BCUT2D eigenvalue weighted by atomic mass is 32.1. The molecule has 5 heteroatoms. The number of nitrogens with zero attached hydrogens (tertiary/aromatic N) is 1. The predicted molar refractivity (Wildman–Crippen MR) is 55.1 cm³/mol. The molecule has 0 unspecified atom stereocenters. The summed E-state index contributed by atoms with van der Waals surface area (Å²) < 4.78 is 5.22. The van der Waals surface area contributed by atoms with E-state index in [1.807, 2.05) is 5.38 Å². The van der Waals surface area contributed by atoms with Crippen LogP contribution in [0.1, 0.15) is 6.42 Å². The van der Waals surface area contributed by atoms with Crippen LogP contribution in [0.3, 0.4) is 0 Å². The van der Waals surface area contributed by atoms with Crippen molar-refractivity contribution in [1.82, 2.24) is 4.98 Å². The molecule has 74 valence electrons. The van der Waals surface area contributed by atoms with Crippen molar-refractivity contribution in [2.45, 2.75) is 6.42 Å². The van der Waals surface area contributed by atoms with Crippen molar-refractivity contribution in [2.24, 2.45) is 5.73 Å². The van der Waals surface area contributed by atoms with Crippen molar-refractivity contribution in [3.63, 3.8) is 0 Å². The highest BCUT2D eigenvalue weighted by Crippen LogP contribution is 2.09. The predicted octanol–water partition coefficient (Wildman–Crippen LogP) is 0.920. The summed E-state index contributed by atoms with van der Waals surface area (Å²) in [6, 6.07) is 0. The Bertz CT molecular complexity index is 203. The maximum atomic E-state index is 5.27. The highest BCUT2D eigenvalue weighted by molar-refractivity contribution is 7.13. The van der Waals surface area contributed by atoms with Gasteiger partial charge >= 0.3 is 0 Å². The maximum Gasteiger partial charge on any atom is 0.182 e. The van der Waals surface area contributed by atoms with Crippen molar-refractivity contribution in [3.05, 3.63) is 11.6 Å². The molecule has 1 heterocycles. The van der Waals surface area contributed by atoms with E-state index in [-0.39, 0.29) is 0 Å². The van der Waals surface area contributed by atoms with Gasteiger partial charge in [0.1, 0.15) is 0 Å². The minimum atomic E-state index is 0.597. The van der Waals surface area contributed by atoms with Crippen LogP contribution >= 0.6 is 11.3 Å². The van der Waals surface area contributed by atoms with Gasteiger partial charge in [-0.15, -0.1) is 11.3 Å². The minimum Gasteiger partial charge on any atom is -0.380 e. The third-order valence-electron chi connectivity index (χ3n) is 1.44. The van der Waals surface area contributed by atoms with Crippen LogP contribution in [0.5, 0.6) is 0 Å². The first-order chi connectivity index (χ1) is 6.43. The Morgan fingerprint density at radius 1 is 1.54 bits per heavy atom. The molecule has 1 aromatic heterocycles. The summed E-state index contributed by atoms with van der Waals surface area (Å²) >= 11 is 1.61. The number of anilines is 1. The van der Waals surface area contributed by atoms with Crippen LogP contribution in [-0.4, -0.2) is 31.3 Å².